The Bertz CT molecular complexity index is 868. The zero-order valence-corrected chi connectivity index (χ0v) is 16.0. The fourth-order valence-electron chi connectivity index (χ4n) is 2.00. The predicted octanol–water partition coefficient (Wildman–Crippen LogP) is 4.32. The third kappa shape index (κ3) is 4.95. The molecule has 0 saturated carbocycles. The molecule has 5 nitrogen and oxygen atoms in total. The molecule has 1 atom stereocenters. The molecule has 8 heteroatoms. The minimum Gasteiger partial charge on any atom is -0.321 e. The van der Waals surface area contributed by atoms with Gasteiger partial charge in [-0.05, 0) is 49.7 Å². The number of carbonyl (C=O) groups is 1. The average molecular weight is 401 g/mol. The summed E-state index contributed by atoms with van der Waals surface area (Å²) in [6.07, 6.45) is 0.681. The van der Waals surface area contributed by atoms with Gasteiger partial charge in [0.05, 0.1) is 20.6 Å². The van der Waals surface area contributed by atoms with Gasteiger partial charge in [0.1, 0.15) is 0 Å². The first-order chi connectivity index (χ1) is 11.7. The number of hydrogen-bond donors (Lipinski definition) is 2. The van der Waals surface area contributed by atoms with E-state index in [1.54, 1.807) is 25.1 Å². The third-order valence-electron chi connectivity index (χ3n) is 3.60. The molecule has 1 unspecified atom stereocenters. The Morgan fingerprint density at radius 2 is 1.76 bits per heavy atom. The van der Waals surface area contributed by atoms with Crippen molar-refractivity contribution in [1.29, 1.82) is 0 Å². The van der Waals surface area contributed by atoms with E-state index in [4.69, 9.17) is 23.2 Å². The summed E-state index contributed by atoms with van der Waals surface area (Å²) in [5.41, 5.74) is 0.688. The minimum atomic E-state index is -3.61. The molecule has 134 valence electrons. The number of nitrogens with one attached hydrogen (secondary N) is 2. The number of carbonyl (C=O) groups excluding carboxylic acids is 1. The molecule has 25 heavy (non-hydrogen) atoms. The van der Waals surface area contributed by atoms with E-state index < -0.39 is 15.9 Å². The molecule has 1 amide bonds. The second-order valence-corrected chi connectivity index (χ2v) is 8.01. The smallest absolute Gasteiger partial charge is 0.255 e. The second-order valence-electron chi connectivity index (χ2n) is 5.51. The predicted molar refractivity (Wildman–Crippen MR) is 101 cm³/mol. The molecule has 0 aliphatic heterocycles. The van der Waals surface area contributed by atoms with Gasteiger partial charge >= 0.3 is 0 Å². The lowest BCUT2D eigenvalue weighted by Crippen LogP contribution is -2.32. The summed E-state index contributed by atoms with van der Waals surface area (Å²) < 4.78 is 27.0. The second kappa shape index (κ2) is 8.19. The van der Waals surface area contributed by atoms with E-state index >= 15 is 0 Å². The summed E-state index contributed by atoms with van der Waals surface area (Å²) >= 11 is 11.9. The van der Waals surface area contributed by atoms with Crippen LogP contribution in [0.25, 0.3) is 0 Å². The summed E-state index contributed by atoms with van der Waals surface area (Å²) in [6, 6.07) is 10.4. The molecule has 2 N–H and O–H groups in total. The summed E-state index contributed by atoms with van der Waals surface area (Å²) in [5, 5.41) is 3.22. The molecule has 0 radical (unpaired) electrons. The molecule has 0 bridgehead atoms. The van der Waals surface area contributed by atoms with Crippen molar-refractivity contribution in [3.8, 4) is 0 Å². The summed E-state index contributed by atoms with van der Waals surface area (Å²) in [5.74, 6) is -0.414. The molecule has 0 aromatic heterocycles. The first kappa shape index (κ1) is 19.7. The van der Waals surface area contributed by atoms with Gasteiger partial charge in [-0.3, -0.25) is 4.79 Å². The van der Waals surface area contributed by atoms with E-state index in [0.717, 1.165) is 0 Å². The summed E-state index contributed by atoms with van der Waals surface area (Å²) in [6.45, 7) is 3.68. The van der Waals surface area contributed by atoms with Gasteiger partial charge in [-0.25, -0.2) is 13.1 Å². The first-order valence-electron chi connectivity index (χ1n) is 7.62. The molecule has 0 fully saturated rings. The zero-order chi connectivity index (χ0) is 18.6. The Morgan fingerprint density at radius 3 is 2.36 bits per heavy atom. The quantitative estimate of drug-likeness (QED) is 0.757. The molecule has 0 aliphatic rings. The summed E-state index contributed by atoms with van der Waals surface area (Å²) in [7, 11) is -3.61. The molecule has 2 rings (SSSR count). The Kier molecular flexibility index (Phi) is 6.46. The largest absolute Gasteiger partial charge is 0.321 e. The number of sulfonamides is 1. The van der Waals surface area contributed by atoms with Crippen LogP contribution in [0.2, 0.25) is 10.0 Å². The maximum atomic E-state index is 12.3. The van der Waals surface area contributed by atoms with Crippen molar-refractivity contribution in [2.24, 2.45) is 0 Å². The Morgan fingerprint density at radius 1 is 1.12 bits per heavy atom. The number of benzene rings is 2. The van der Waals surface area contributed by atoms with Gasteiger partial charge in [0.25, 0.3) is 5.91 Å². The van der Waals surface area contributed by atoms with Crippen molar-refractivity contribution in [2.45, 2.75) is 31.2 Å². The number of amides is 1. The molecule has 0 aliphatic carbocycles. The van der Waals surface area contributed by atoms with Gasteiger partial charge in [0.15, 0.2) is 0 Å². The topological polar surface area (TPSA) is 75.3 Å². The van der Waals surface area contributed by atoms with Gasteiger partial charge in [0.2, 0.25) is 10.0 Å². The van der Waals surface area contributed by atoms with E-state index in [2.05, 4.69) is 10.0 Å². The van der Waals surface area contributed by atoms with Gasteiger partial charge in [0, 0.05) is 11.6 Å². The molecule has 0 heterocycles. The van der Waals surface area contributed by atoms with Gasteiger partial charge in [-0.1, -0.05) is 36.2 Å². The Labute approximate surface area is 157 Å². The van der Waals surface area contributed by atoms with Crippen LogP contribution in [0.3, 0.4) is 0 Å². The number of anilines is 1. The molecule has 2 aromatic carbocycles. The van der Waals surface area contributed by atoms with Crippen LogP contribution < -0.4 is 10.0 Å². The van der Waals surface area contributed by atoms with E-state index in [1.165, 1.54) is 24.3 Å². The van der Waals surface area contributed by atoms with Crippen LogP contribution in [0.4, 0.5) is 5.69 Å². The van der Waals surface area contributed by atoms with Crippen molar-refractivity contribution < 1.29 is 13.2 Å². The van der Waals surface area contributed by atoms with Gasteiger partial charge in [-0.2, -0.15) is 0 Å². The van der Waals surface area contributed by atoms with Crippen molar-refractivity contribution in [3.63, 3.8) is 0 Å². The lowest BCUT2D eigenvalue weighted by atomic mass is 10.2. The van der Waals surface area contributed by atoms with Crippen LogP contribution in [0, 0.1) is 0 Å². The highest BCUT2D eigenvalue weighted by atomic mass is 35.5. The van der Waals surface area contributed by atoms with Crippen molar-refractivity contribution in [1.82, 2.24) is 4.72 Å². The first-order valence-corrected chi connectivity index (χ1v) is 9.86. The maximum absolute atomic E-state index is 12.3. The van der Waals surface area contributed by atoms with Gasteiger partial charge in [-0.15, -0.1) is 0 Å². The van der Waals surface area contributed by atoms with Crippen LogP contribution in [0.1, 0.15) is 30.6 Å². The van der Waals surface area contributed by atoms with E-state index in [0.29, 0.717) is 22.7 Å². The van der Waals surface area contributed by atoms with Crippen molar-refractivity contribution >= 4 is 44.8 Å². The van der Waals surface area contributed by atoms with Crippen LogP contribution in [-0.4, -0.2) is 20.4 Å². The van der Waals surface area contributed by atoms with Crippen molar-refractivity contribution in [3.05, 3.63) is 58.1 Å². The average Bonchev–Trinajstić information content (AvgIpc) is 2.58. The highest BCUT2D eigenvalue weighted by molar-refractivity contribution is 7.89. The summed E-state index contributed by atoms with van der Waals surface area (Å²) in [4.78, 5) is 12.4. The van der Waals surface area contributed by atoms with Crippen LogP contribution in [0.5, 0.6) is 0 Å². The van der Waals surface area contributed by atoms with Crippen LogP contribution >= 0.6 is 23.2 Å². The van der Waals surface area contributed by atoms with E-state index in [-0.39, 0.29) is 16.0 Å². The molecule has 0 spiro atoms. The lowest BCUT2D eigenvalue weighted by molar-refractivity contribution is 0.102. The van der Waals surface area contributed by atoms with E-state index in [9.17, 15) is 13.2 Å². The minimum absolute atomic E-state index is 0.102. The standard InChI is InChI=1S/C17H18Cl2N2O3S/c1-3-11(2)21-25(23,24)13-9-7-12(8-10-13)17(22)20-15-6-4-5-14(18)16(15)19/h4-11,21H,3H2,1-2H3,(H,20,22). The third-order valence-corrected chi connectivity index (χ3v) is 6.02. The van der Waals surface area contributed by atoms with Crippen LogP contribution in [0.15, 0.2) is 47.4 Å². The van der Waals surface area contributed by atoms with E-state index in [1.807, 2.05) is 6.92 Å². The fourth-order valence-corrected chi connectivity index (χ4v) is 3.67. The van der Waals surface area contributed by atoms with Gasteiger partial charge < -0.3 is 5.32 Å². The SMILES string of the molecule is CCC(C)NS(=O)(=O)c1ccc(C(=O)Nc2cccc(Cl)c2Cl)cc1. The highest BCUT2D eigenvalue weighted by Gasteiger charge is 2.17. The highest BCUT2D eigenvalue weighted by Crippen LogP contribution is 2.29. The monoisotopic (exact) mass is 400 g/mol. The Balaban J connectivity index is 2.16. The molecular formula is C17H18Cl2N2O3S. The van der Waals surface area contributed by atoms with Crippen LogP contribution in [-0.2, 0) is 10.0 Å². The number of halogens is 2. The van der Waals surface area contributed by atoms with Crippen molar-refractivity contribution in [2.75, 3.05) is 5.32 Å². The molecule has 0 saturated heterocycles. The normalized spacial score (nSPS) is 12.6. The number of rotatable bonds is 6. The Hall–Kier alpha value is -1.60. The molecule has 2 aromatic rings. The fraction of sp³-hybridized carbons (Fsp3) is 0.235. The maximum Gasteiger partial charge on any atom is 0.255 e. The lowest BCUT2D eigenvalue weighted by Gasteiger charge is -2.12. The zero-order valence-electron chi connectivity index (χ0n) is 13.7. The number of hydrogen-bond acceptors (Lipinski definition) is 3. The molecular weight excluding hydrogens is 383 g/mol.